The lowest BCUT2D eigenvalue weighted by atomic mass is 10.1. The van der Waals surface area contributed by atoms with Gasteiger partial charge in [0.15, 0.2) is 0 Å². The Hall–Kier alpha value is -3.47. The molecule has 0 unspecified atom stereocenters. The van der Waals surface area contributed by atoms with Gasteiger partial charge >= 0.3 is 0 Å². The molecule has 122 valence electrons. The number of non-ortho nitro benzene ring substituents is 1. The van der Waals surface area contributed by atoms with E-state index in [0.717, 1.165) is 27.2 Å². The molecule has 0 aliphatic heterocycles. The third-order valence-electron chi connectivity index (χ3n) is 4.34. The second kappa shape index (κ2) is 5.87. The Morgan fingerprint density at radius 1 is 0.840 bits per heavy atom. The van der Waals surface area contributed by atoms with Crippen molar-refractivity contribution in [2.75, 3.05) is 0 Å². The number of rotatable bonds is 2. The van der Waals surface area contributed by atoms with Crippen molar-refractivity contribution >= 4 is 33.2 Å². The number of hydrogen-bond donors (Lipinski definition) is 0. The first-order valence-corrected chi connectivity index (χ1v) is 7.91. The van der Waals surface area contributed by atoms with E-state index >= 15 is 0 Å². The monoisotopic (exact) mass is 329 g/mol. The number of aryl methyl sites for hydroxylation is 1. The smallest absolute Gasteiger partial charge is 0.269 e. The summed E-state index contributed by atoms with van der Waals surface area (Å²) in [6.07, 6.45) is 0. The van der Waals surface area contributed by atoms with Crippen molar-refractivity contribution in [1.29, 1.82) is 0 Å². The van der Waals surface area contributed by atoms with E-state index in [0.29, 0.717) is 5.69 Å². The molecule has 0 aliphatic rings. The van der Waals surface area contributed by atoms with Gasteiger partial charge in [0.05, 0.1) is 27.0 Å². The van der Waals surface area contributed by atoms with Gasteiger partial charge in [-0.05, 0) is 24.3 Å². The highest BCUT2D eigenvalue weighted by Gasteiger charge is 2.07. The van der Waals surface area contributed by atoms with Gasteiger partial charge in [-0.15, -0.1) is 0 Å². The minimum atomic E-state index is -0.406. The molecule has 0 atom stereocenters. The van der Waals surface area contributed by atoms with Crippen molar-refractivity contribution in [3.05, 3.63) is 88.3 Å². The van der Waals surface area contributed by atoms with Crippen LogP contribution in [-0.4, -0.2) is 9.49 Å². The summed E-state index contributed by atoms with van der Waals surface area (Å²) in [5.74, 6) is 0. The van der Waals surface area contributed by atoms with E-state index in [9.17, 15) is 10.1 Å². The van der Waals surface area contributed by atoms with Crippen molar-refractivity contribution in [3.8, 4) is 0 Å². The maximum atomic E-state index is 10.8. The van der Waals surface area contributed by atoms with E-state index in [2.05, 4.69) is 16.7 Å². The van der Waals surface area contributed by atoms with Crippen LogP contribution in [0.25, 0.3) is 21.8 Å². The van der Waals surface area contributed by atoms with E-state index < -0.39 is 4.92 Å². The molecular weight excluding hydrogens is 314 g/mol. The Labute approximate surface area is 143 Å². The largest absolute Gasteiger partial charge is 0.344 e. The molecule has 0 amide bonds. The summed E-state index contributed by atoms with van der Waals surface area (Å²) >= 11 is 0. The van der Waals surface area contributed by atoms with Crippen LogP contribution in [-0.2, 0) is 7.05 Å². The second-order valence-electron chi connectivity index (χ2n) is 5.83. The zero-order valence-corrected chi connectivity index (χ0v) is 13.6. The summed E-state index contributed by atoms with van der Waals surface area (Å²) in [5.41, 5.74) is 2.92. The van der Waals surface area contributed by atoms with Gasteiger partial charge in [0.2, 0.25) is 0 Å². The summed E-state index contributed by atoms with van der Waals surface area (Å²) in [7, 11) is 2.04. The number of hydrogen-bond acceptors (Lipinski definition) is 3. The zero-order chi connectivity index (χ0) is 17.4. The fourth-order valence-corrected chi connectivity index (χ4v) is 3.11. The molecule has 5 heteroatoms. The second-order valence-corrected chi connectivity index (χ2v) is 5.83. The number of aromatic nitrogens is 1. The summed E-state index contributed by atoms with van der Waals surface area (Å²) in [5, 5.41) is 13.8. The molecule has 0 saturated carbocycles. The highest BCUT2D eigenvalue weighted by Crippen LogP contribution is 2.21. The number of nitrogens with zero attached hydrogens (tertiary/aromatic N) is 3. The van der Waals surface area contributed by atoms with Crippen LogP contribution >= 0.6 is 0 Å². The molecule has 4 aromatic rings. The van der Waals surface area contributed by atoms with Crippen molar-refractivity contribution in [3.63, 3.8) is 0 Å². The molecule has 0 spiro atoms. The standard InChI is InChI=1S/C20H15N3O2/c1-22-18-8-4-2-6-16(18)20(17-7-3-5-9-19(17)22)21-14-10-12-15(13-11-14)23(24)25/h2-13H,1H3. The van der Waals surface area contributed by atoms with Gasteiger partial charge in [-0.2, -0.15) is 0 Å². The van der Waals surface area contributed by atoms with Gasteiger partial charge in [-0.3, -0.25) is 10.1 Å². The van der Waals surface area contributed by atoms with E-state index in [4.69, 9.17) is 4.99 Å². The fraction of sp³-hybridized carbons (Fsp3) is 0.0500. The molecule has 25 heavy (non-hydrogen) atoms. The summed E-state index contributed by atoms with van der Waals surface area (Å²) in [4.78, 5) is 15.2. The molecule has 3 aromatic carbocycles. The number of nitro benzene ring substituents is 1. The SMILES string of the molecule is Cn1c2ccccc2c(=Nc2ccc([N+](=O)[O-])cc2)c2ccccc21. The quantitative estimate of drug-likeness (QED) is 0.309. The molecule has 0 bridgehead atoms. The Morgan fingerprint density at radius 3 is 1.88 bits per heavy atom. The van der Waals surface area contributed by atoms with E-state index in [1.807, 2.05) is 43.4 Å². The van der Waals surface area contributed by atoms with Gasteiger partial charge < -0.3 is 4.57 Å². The molecule has 0 saturated heterocycles. The minimum Gasteiger partial charge on any atom is -0.344 e. The molecular formula is C20H15N3O2. The highest BCUT2D eigenvalue weighted by atomic mass is 16.6. The number of benzene rings is 3. The van der Waals surface area contributed by atoms with Crippen LogP contribution in [0.2, 0.25) is 0 Å². The molecule has 0 N–H and O–H groups in total. The summed E-state index contributed by atoms with van der Waals surface area (Å²) in [6.45, 7) is 0. The van der Waals surface area contributed by atoms with Gasteiger partial charge in [0, 0.05) is 30.0 Å². The highest BCUT2D eigenvalue weighted by molar-refractivity contribution is 5.93. The summed E-state index contributed by atoms with van der Waals surface area (Å²) in [6, 6.07) is 22.5. The molecule has 5 nitrogen and oxygen atoms in total. The van der Waals surface area contributed by atoms with Gasteiger partial charge in [0.25, 0.3) is 5.69 Å². The molecule has 0 fully saturated rings. The lowest BCUT2D eigenvalue weighted by Gasteiger charge is -2.11. The normalized spacial score (nSPS) is 10.9. The van der Waals surface area contributed by atoms with Crippen LogP contribution in [0, 0.1) is 10.1 Å². The first-order valence-electron chi connectivity index (χ1n) is 7.91. The lowest BCUT2D eigenvalue weighted by molar-refractivity contribution is -0.384. The topological polar surface area (TPSA) is 60.4 Å². The first-order chi connectivity index (χ1) is 12.1. The Morgan fingerprint density at radius 2 is 1.36 bits per heavy atom. The third kappa shape index (κ3) is 2.55. The van der Waals surface area contributed by atoms with Crippen molar-refractivity contribution in [1.82, 2.24) is 4.57 Å². The fourth-order valence-electron chi connectivity index (χ4n) is 3.11. The van der Waals surface area contributed by atoms with Crippen LogP contribution in [0.5, 0.6) is 0 Å². The average molecular weight is 329 g/mol. The number of para-hydroxylation sites is 2. The minimum absolute atomic E-state index is 0.0631. The summed E-state index contributed by atoms with van der Waals surface area (Å²) < 4.78 is 2.15. The van der Waals surface area contributed by atoms with Crippen LogP contribution in [0.3, 0.4) is 0 Å². The predicted octanol–water partition coefficient (Wildman–Crippen LogP) is 4.47. The first kappa shape index (κ1) is 15.1. The van der Waals surface area contributed by atoms with Gasteiger partial charge in [0.1, 0.15) is 0 Å². The number of pyridine rings is 1. The Kier molecular flexibility index (Phi) is 3.54. The Bertz CT molecular complexity index is 1120. The molecule has 0 radical (unpaired) electrons. The van der Waals surface area contributed by atoms with Crippen LogP contribution in [0.15, 0.2) is 77.8 Å². The maximum Gasteiger partial charge on any atom is 0.269 e. The van der Waals surface area contributed by atoms with E-state index in [1.54, 1.807) is 12.1 Å². The zero-order valence-electron chi connectivity index (χ0n) is 13.6. The van der Waals surface area contributed by atoms with E-state index in [1.165, 1.54) is 12.1 Å². The number of nitro groups is 1. The van der Waals surface area contributed by atoms with E-state index in [-0.39, 0.29) is 5.69 Å². The third-order valence-corrected chi connectivity index (χ3v) is 4.34. The molecule has 1 heterocycles. The molecule has 1 aromatic heterocycles. The van der Waals surface area contributed by atoms with Crippen molar-refractivity contribution in [2.45, 2.75) is 0 Å². The number of fused-ring (bicyclic) bond motifs is 2. The maximum absolute atomic E-state index is 10.8. The van der Waals surface area contributed by atoms with Crippen molar-refractivity contribution in [2.24, 2.45) is 12.0 Å². The predicted molar refractivity (Wildman–Crippen MR) is 98.7 cm³/mol. The van der Waals surface area contributed by atoms with Gasteiger partial charge in [-0.25, -0.2) is 4.99 Å². The molecule has 0 aliphatic carbocycles. The Balaban J connectivity index is 2.08. The molecule has 4 rings (SSSR count). The lowest BCUT2D eigenvalue weighted by Crippen LogP contribution is -2.10. The van der Waals surface area contributed by atoms with Crippen LogP contribution in [0.4, 0.5) is 11.4 Å². The van der Waals surface area contributed by atoms with Crippen LogP contribution in [0.1, 0.15) is 0 Å². The average Bonchev–Trinajstić information content (AvgIpc) is 2.65. The van der Waals surface area contributed by atoms with Gasteiger partial charge in [-0.1, -0.05) is 36.4 Å². The van der Waals surface area contributed by atoms with Crippen molar-refractivity contribution < 1.29 is 4.92 Å². The van der Waals surface area contributed by atoms with Crippen LogP contribution < -0.4 is 5.36 Å².